The van der Waals surface area contributed by atoms with Crippen LogP contribution in [0.25, 0.3) is 0 Å². The minimum Gasteiger partial charge on any atom is -0.484 e. The molecule has 0 aliphatic carbocycles. The van der Waals surface area contributed by atoms with Crippen LogP contribution in [0.4, 0.5) is 14.5 Å². The van der Waals surface area contributed by atoms with E-state index in [4.69, 9.17) is 4.74 Å². The number of hydrogen-bond donors (Lipinski definition) is 4. The second-order valence-corrected chi connectivity index (χ2v) is 12.4. The molecule has 5 rings (SSSR count). The smallest absolute Gasteiger partial charge is 0.326 e. The van der Waals surface area contributed by atoms with Crippen molar-refractivity contribution in [3.63, 3.8) is 0 Å². The second-order valence-electron chi connectivity index (χ2n) is 11.2. The zero-order valence-electron chi connectivity index (χ0n) is 26.0. The number of rotatable bonds is 15. The minimum atomic E-state index is -1.20. The molecule has 254 valence electrons. The number of ether oxygens (including phenoxy) is 1. The molecule has 4 aromatic rings. The van der Waals surface area contributed by atoms with E-state index in [1.54, 1.807) is 59.5 Å². The van der Waals surface area contributed by atoms with E-state index in [0.29, 0.717) is 17.0 Å². The summed E-state index contributed by atoms with van der Waals surface area (Å²) in [6.45, 7) is -0.855. The molecule has 4 N–H and O–H groups in total. The summed E-state index contributed by atoms with van der Waals surface area (Å²) in [5.41, 5.74) is 2.49. The molecule has 4 aromatic carbocycles. The quantitative estimate of drug-likeness (QED) is 0.136. The van der Waals surface area contributed by atoms with Gasteiger partial charge in [0.15, 0.2) is 6.61 Å². The van der Waals surface area contributed by atoms with Gasteiger partial charge in [-0.15, -0.1) is 11.8 Å². The monoisotopic (exact) mass is 689 g/mol. The molecule has 1 fully saturated rings. The number of aliphatic hydroxyl groups excluding tert-OH is 1. The van der Waals surface area contributed by atoms with E-state index >= 15 is 0 Å². The number of aliphatic hydroxyl groups is 1. The molecule has 4 atom stereocenters. The molecule has 0 bridgehead atoms. The Morgan fingerprint density at radius 2 is 1.49 bits per heavy atom. The molecule has 3 amide bonds. The van der Waals surface area contributed by atoms with Crippen molar-refractivity contribution in [1.82, 2.24) is 10.6 Å². The van der Waals surface area contributed by atoms with E-state index in [0.717, 1.165) is 11.1 Å². The molecule has 10 nitrogen and oxygen atoms in total. The number of anilines is 1. The summed E-state index contributed by atoms with van der Waals surface area (Å²) in [6.07, 6.45) is -0.844. The number of carbonyl (C=O) groups is 4. The van der Waals surface area contributed by atoms with Gasteiger partial charge in [0, 0.05) is 17.9 Å². The molecule has 0 saturated carbocycles. The number of benzene rings is 4. The zero-order chi connectivity index (χ0) is 34.9. The topological polar surface area (TPSA) is 145 Å². The fourth-order valence-electron chi connectivity index (χ4n) is 5.25. The third kappa shape index (κ3) is 9.21. The number of halogens is 2. The second kappa shape index (κ2) is 16.2. The lowest BCUT2D eigenvalue weighted by atomic mass is 9.92. The van der Waals surface area contributed by atoms with Crippen molar-refractivity contribution in [3.8, 4) is 5.75 Å². The molecule has 1 heterocycles. The summed E-state index contributed by atoms with van der Waals surface area (Å²) in [7, 11) is 0. The summed E-state index contributed by atoms with van der Waals surface area (Å²) in [6, 6.07) is 25.0. The van der Waals surface area contributed by atoms with Gasteiger partial charge in [0.1, 0.15) is 28.7 Å². The average Bonchev–Trinajstić information content (AvgIpc) is 3.10. The van der Waals surface area contributed by atoms with Crippen molar-refractivity contribution in [2.24, 2.45) is 0 Å². The Morgan fingerprint density at radius 1 is 0.857 bits per heavy atom. The normalized spacial score (nSPS) is 16.6. The lowest BCUT2D eigenvalue weighted by Crippen LogP contribution is -2.57. The predicted molar refractivity (Wildman–Crippen MR) is 179 cm³/mol. The molecular formula is C36H33F2N3O7S. The zero-order valence-corrected chi connectivity index (χ0v) is 26.8. The maximum Gasteiger partial charge on any atom is 0.326 e. The van der Waals surface area contributed by atoms with E-state index in [2.05, 4.69) is 10.6 Å². The Kier molecular flexibility index (Phi) is 11.6. The van der Waals surface area contributed by atoms with Gasteiger partial charge in [0.05, 0.1) is 18.7 Å². The number of aliphatic carboxylic acids is 1. The lowest BCUT2D eigenvalue weighted by Gasteiger charge is -2.47. The predicted octanol–water partition coefficient (Wildman–Crippen LogP) is 4.20. The number of carboxylic acids is 1. The maximum atomic E-state index is 13.6. The van der Waals surface area contributed by atoms with Crippen molar-refractivity contribution in [1.29, 1.82) is 0 Å². The fourth-order valence-corrected chi connectivity index (χ4v) is 6.55. The first-order valence-corrected chi connectivity index (χ1v) is 16.3. The fraction of sp³-hybridized carbons (Fsp3) is 0.222. The highest BCUT2D eigenvalue weighted by molar-refractivity contribution is 8.00. The van der Waals surface area contributed by atoms with Crippen LogP contribution in [-0.2, 0) is 25.6 Å². The Hall–Kier alpha value is -5.27. The summed E-state index contributed by atoms with van der Waals surface area (Å²) in [4.78, 5) is 51.1. The number of carbonyl (C=O) groups excluding carboxylic acids is 3. The summed E-state index contributed by atoms with van der Waals surface area (Å²) < 4.78 is 32.5. The molecular weight excluding hydrogens is 656 g/mol. The van der Waals surface area contributed by atoms with Crippen LogP contribution in [0.15, 0.2) is 103 Å². The highest BCUT2D eigenvalue weighted by atomic mass is 32.2. The van der Waals surface area contributed by atoms with Gasteiger partial charge < -0.3 is 30.5 Å². The first-order valence-electron chi connectivity index (χ1n) is 15.3. The van der Waals surface area contributed by atoms with Crippen molar-refractivity contribution < 1.29 is 42.9 Å². The van der Waals surface area contributed by atoms with Gasteiger partial charge in [-0.1, -0.05) is 54.6 Å². The third-order valence-corrected chi connectivity index (χ3v) is 9.12. The number of nitrogens with zero attached hydrogens (tertiary/aromatic N) is 1. The van der Waals surface area contributed by atoms with Crippen LogP contribution in [0, 0.1) is 11.6 Å². The molecule has 3 unspecified atom stereocenters. The molecule has 1 aliphatic rings. The average molecular weight is 690 g/mol. The molecule has 1 aliphatic heterocycles. The van der Waals surface area contributed by atoms with Crippen LogP contribution >= 0.6 is 11.8 Å². The highest BCUT2D eigenvalue weighted by Crippen LogP contribution is 2.46. The first kappa shape index (κ1) is 35.0. The van der Waals surface area contributed by atoms with Crippen molar-refractivity contribution in [3.05, 3.63) is 131 Å². The molecule has 0 aromatic heterocycles. The Labute approximate surface area is 285 Å². The Balaban J connectivity index is 1.16. The van der Waals surface area contributed by atoms with Crippen LogP contribution < -0.4 is 20.3 Å². The van der Waals surface area contributed by atoms with Crippen LogP contribution in [0.1, 0.15) is 28.8 Å². The van der Waals surface area contributed by atoms with Crippen molar-refractivity contribution >= 4 is 41.1 Å². The summed E-state index contributed by atoms with van der Waals surface area (Å²) in [5.74, 6) is -3.04. The van der Waals surface area contributed by atoms with Crippen LogP contribution in [0.2, 0.25) is 0 Å². The first-order chi connectivity index (χ1) is 23.6. The number of amides is 3. The molecule has 1 saturated heterocycles. The van der Waals surface area contributed by atoms with Crippen LogP contribution in [0.3, 0.4) is 0 Å². The van der Waals surface area contributed by atoms with Gasteiger partial charge in [0.25, 0.3) is 5.91 Å². The number of nitrogens with one attached hydrogen (secondary N) is 2. The van der Waals surface area contributed by atoms with Gasteiger partial charge in [-0.2, -0.15) is 0 Å². The standard InChI is InChI=1S/C36H33F2N3O7S/c37-25-10-6-23(7-11-25)30(42)21-49-34-33(41(35(34)45)27-14-12-26(38)13-15-27)24-8-16-28(17-9-24)48-20-32(44)39-19-31(43)40-29(36(46)47)18-22-4-2-1-3-5-22/h1-17,29-30,33-34,42H,18-21H2,(H,39,44)(H,40,43)(H,46,47)/t29-,30?,33?,34?/m1/s1. The number of thioether (sulfide) groups is 1. The SMILES string of the molecule is O=C(COc1ccc(C2C(SCC(O)c3ccc(F)cc3)C(=O)N2c2ccc(F)cc2)cc1)NCC(=O)N[C@H](Cc1ccccc1)C(=O)O. The van der Waals surface area contributed by atoms with Crippen molar-refractivity contribution in [2.75, 3.05) is 23.8 Å². The van der Waals surface area contributed by atoms with Gasteiger partial charge >= 0.3 is 5.97 Å². The van der Waals surface area contributed by atoms with Crippen LogP contribution in [0.5, 0.6) is 5.75 Å². The molecule has 49 heavy (non-hydrogen) atoms. The van der Waals surface area contributed by atoms with E-state index in [1.807, 2.05) is 0 Å². The lowest BCUT2D eigenvalue weighted by molar-refractivity contribution is -0.141. The molecule has 0 radical (unpaired) electrons. The van der Waals surface area contributed by atoms with Gasteiger partial charge in [-0.3, -0.25) is 14.4 Å². The number of carboxylic acid groups (broad SMARTS) is 1. The Bertz CT molecular complexity index is 1760. The van der Waals surface area contributed by atoms with Gasteiger partial charge in [-0.05, 0) is 65.2 Å². The maximum absolute atomic E-state index is 13.6. The minimum absolute atomic E-state index is 0.0863. The molecule has 13 heteroatoms. The Morgan fingerprint density at radius 3 is 2.12 bits per heavy atom. The van der Waals surface area contributed by atoms with Gasteiger partial charge in [0.2, 0.25) is 11.8 Å². The van der Waals surface area contributed by atoms with Crippen molar-refractivity contribution in [2.45, 2.75) is 29.9 Å². The van der Waals surface area contributed by atoms with E-state index in [9.17, 15) is 38.2 Å². The summed E-state index contributed by atoms with van der Waals surface area (Å²) in [5, 5.41) is 24.4. The van der Waals surface area contributed by atoms with Crippen LogP contribution in [-0.4, -0.2) is 64.1 Å². The van der Waals surface area contributed by atoms with E-state index < -0.39 is 66.0 Å². The summed E-state index contributed by atoms with van der Waals surface area (Å²) >= 11 is 1.26. The largest absolute Gasteiger partial charge is 0.484 e. The van der Waals surface area contributed by atoms with E-state index in [1.165, 1.54) is 60.3 Å². The molecule has 0 spiro atoms. The number of β-lactam (4-membered cyclic amide) rings is 1. The van der Waals surface area contributed by atoms with Gasteiger partial charge in [-0.25, -0.2) is 13.6 Å². The number of hydrogen-bond acceptors (Lipinski definition) is 7. The van der Waals surface area contributed by atoms with E-state index in [-0.39, 0.29) is 18.1 Å². The third-order valence-electron chi connectivity index (χ3n) is 7.79. The highest BCUT2D eigenvalue weighted by Gasteiger charge is 2.49.